The molecular formula is C48H32N2S. The minimum absolute atomic E-state index is 1.10. The monoisotopic (exact) mass is 668 g/mol. The quantitative estimate of drug-likeness (QED) is 0.171. The molecule has 2 nitrogen and oxygen atoms in total. The molecule has 0 saturated carbocycles. The average molecular weight is 669 g/mol. The molecule has 2 heterocycles. The van der Waals surface area contributed by atoms with Gasteiger partial charge in [-0.15, -0.1) is 11.3 Å². The standard InChI is InChI=1S/C48H32N2S/c1-2-11-33(12-3-1)34-21-25-36(26-22-34)49(37-27-23-35(24-28-37)40-16-10-20-47-48(40)43-15-6-9-19-46(43)51-47)38-29-31-39(32-30-38)50-44-17-7-4-13-41(44)42-14-5-8-18-45(42)50/h1-32H. The minimum Gasteiger partial charge on any atom is -0.311 e. The van der Waals surface area contributed by atoms with Gasteiger partial charge in [-0.2, -0.15) is 0 Å². The fraction of sp³-hybridized carbons (Fsp3) is 0. The van der Waals surface area contributed by atoms with Gasteiger partial charge in [0.1, 0.15) is 0 Å². The van der Waals surface area contributed by atoms with Gasteiger partial charge in [0.05, 0.1) is 11.0 Å². The lowest BCUT2D eigenvalue weighted by atomic mass is 9.99. The second-order valence-electron chi connectivity index (χ2n) is 13.0. The van der Waals surface area contributed by atoms with Gasteiger partial charge in [0.15, 0.2) is 0 Å². The highest BCUT2D eigenvalue weighted by atomic mass is 32.1. The molecule has 0 unspecified atom stereocenters. The molecule has 0 amide bonds. The number of hydrogen-bond acceptors (Lipinski definition) is 2. The van der Waals surface area contributed by atoms with Crippen molar-refractivity contribution in [2.75, 3.05) is 4.90 Å². The van der Waals surface area contributed by atoms with Gasteiger partial charge in [0.25, 0.3) is 0 Å². The van der Waals surface area contributed by atoms with Crippen LogP contribution < -0.4 is 4.90 Å². The summed E-state index contributed by atoms with van der Waals surface area (Å²) in [5.41, 5.74) is 11.8. The van der Waals surface area contributed by atoms with Crippen LogP contribution in [0.15, 0.2) is 194 Å². The zero-order chi connectivity index (χ0) is 33.7. The minimum atomic E-state index is 1.10. The molecule has 0 bridgehead atoms. The maximum Gasteiger partial charge on any atom is 0.0541 e. The topological polar surface area (TPSA) is 8.17 Å². The van der Waals surface area contributed by atoms with Gasteiger partial charge < -0.3 is 9.47 Å². The van der Waals surface area contributed by atoms with Crippen LogP contribution >= 0.6 is 11.3 Å². The SMILES string of the molecule is c1ccc(-c2ccc(N(c3ccc(-c4cccc5sc6ccccc6c45)cc3)c3ccc(-n4c5ccccc5c5ccccc54)cc3)cc2)cc1. The Balaban J connectivity index is 1.08. The molecule has 0 atom stereocenters. The van der Waals surface area contributed by atoms with E-state index in [0.717, 1.165) is 22.7 Å². The smallest absolute Gasteiger partial charge is 0.0541 e. The van der Waals surface area contributed by atoms with E-state index in [9.17, 15) is 0 Å². The predicted octanol–water partition coefficient (Wildman–Crippen LogP) is 14.0. The fourth-order valence-electron chi connectivity index (χ4n) is 7.64. The van der Waals surface area contributed by atoms with Crippen LogP contribution in [0.2, 0.25) is 0 Å². The number of rotatable bonds is 6. The molecule has 0 radical (unpaired) electrons. The Bertz CT molecular complexity index is 2770. The predicted molar refractivity (Wildman–Crippen MR) is 219 cm³/mol. The van der Waals surface area contributed by atoms with Crippen LogP contribution in [0.1, 0.15) is 0 Å². The third kappa shape index (κ3) is 5.01. The molecule has 51 heavy (non-hydrogen) atoms. The van der Waals surface area contributed by atoms with E-state index in [-0.39, 0.29) is 0 Å². The number of para-hydroxylation sites is 2. The Hall–Kier alpha value is -6.42. The first-order chi connectivity index (χ1) is 25.3. The molecule has 0 saturated heterocycles. The van der Waals surface area contributed by atoms with Gasteiger partial charge in [-0.3, -0.25) is 0 Å². The van der Waals surface area contributed by atoms with E-state index >= 15 is 0 Å². The molecule has 10 rings (SSSR count). The fourth-order valence-corrected chi connectivity index (χ4v) is 8.77. The van der Waals surface area contributed by atoms with Crippen LogP contribution in [0, 0.1) is 0 Å². The van der Waals surface area contributed by atoms with Gasteiger partial charge in [0, 0.05) is 53.7 Å². The van der Waals surface area contributed by atoms with Crippen molar-refractivity contribution in [1.29, 1.82) is 0 Å². The van der Waals surface area contributed by atoms with Crippen molar-refractivity contribution in [3.05, 3.63) is 194 Å². The van der Waals surface area contributed by atoms with Crippen molar-refractivity contribution in [3.63, 3.8) is 0 Å². The molecule has 0 aliphatic heterocycles. The Morgan fingerprint density at radius 3 is 1.49 bits per heavy atom. The van der Waals surface area contributed by atoms with E-state index in [0.29, 0.717) is 0 Å². The normalized spacial score (nSPS) is 11.5. The maximum absolute atomic E-state index is 2.37. The van der Waals surface area contributed by atoms with E-state index < -0.39 is 0 Å². The first-order valence-electron chi connectivity index (χ1n) is 17.4. The maximum atomic E-state index is 2.37. The second kappa shape index (κ2) is 12.2. The zero-order valence-electron chi connectivity index (χ0n) is 27.8. The highest BCUT2D eigenvalue weighted by molar-refractivity contribution is 7.25. The van der Waals surface area contributed by atoms with Crippen molar-refractivity contribution < 1.29 is 0 Å². The van der Waals surface area contributed by atoms with Gasteiger partial charge in [0.2, 0.25) is 0 Å². The van der Waals surface area contributed by atoms with Gasteiger partial charge >= 0.3 is 0 Å². The summed E-state index contributed by atoms with van der Waals surface area (Å²) in [6, 6.07) is 70.3. The summed E-state index contributed by atoms with van der Waals surface area (Å²) in [5, 5.41) is 5.19. The van der Waals surface area contributed by atoms with Gasteiger partial charge in [-0.05, 0) is 95.1 Å². The summed E-state index contributed by atoms with van der Waals surface area (Å²) in [4.78, 5) is 2.36. The lowest BCUT2D eigenvalue weighted by molar-refractivity contribution is 1.17. The van der Waals surface area contributed by atoms with E-state index in [4.69, 9.17) is 0 Å². The molecule has 0 N–H and O–H groups in total. The van der Waals surface area contributed by atoms with Crippen LogP contribution in [0.4, 0.5) is 17.1 Å². The van der Waals surface area contributed by atoms with Crippen molar-refractivity contribution in [2.24, 2.45) is 0 Å². The lowest BCUT2D eigenvalue weighted by Crippen LogP contribution is -2.10. The molecular weight excluding hydrogens is 637 g/mol. The first-order valence-corrected chi connectivity index (χ1v) is 18.2. The Labute approximate surface area is 300 Å². The second-order valence-corrected chi connectivity index (χ2v) is 14.0. The average Bonchev–Trinajstić information content (AvgIpc) is 3.75. The van der Waals surface area contributed by atoms with Crippen molar-refractivity contribution >= 4 is 70.4 Å². The van der Waals surface area contributed by atoms with E-state index in [1.54, 1.807) is 0 Å². The Kier molecular flexibility index (Phi) is 7.04. The van der Waals surface area contributed by atoms with Crippen LogP contribution in [-0.2, 0) is 0 Å². The first kappa shape index (κ1) is 29.5. The van der Waals surface area contributed by atoms with Crippen LogP contribution in [-0.4, -0.2) is 4.57 Å². The molecule has 0 aliphatic carbocycles. The van der Waals surface area contributed by atoms with E-state index in [1.165, 1.54) is 64.2 Å². The number of fused-ring (bicyclic) bond motifs is 6. The molecule has 3 heteroatoms. The summed E-state index contributed by atoms with van der Waals surface area (Å²) in [7, 11) is 0. The third-order valence-corrected chi connectivity index (χ3v) is 11.2. The number of anilines is 3. The summed E-state index contributed by atoms with van der Waals surface area (Å²) in [6.45, 7) is 0. The highest BCUT2D eigenvalue weighted by Gasteiger charge is 2.17. The van der Waals surface area contributed by atoms with E-state index in [2.05, 4.69) is 204 Å². The van der Waals surface area contributed by atoms with Crippen LogP contribution in [0.5, 0.6) is 0 Å². The zero-order valence-corrected chi connectivity index (χ0v) is 28.6. The van der Waals surface area contributed by atoms with Crippen LogP contribution in [0.3, 0.4) is 0 Å². The molecule has 2 aromatic heterocycles. The molecule has 8 aromatic carbocycles. The number of benzene rings is 8. The highest BCUT2D eigenvalue weighted by Crippen LogP contribution is 2.42. The number of nitrogens with zero attached hydrogens (tertiary/aromatic N) is 2. The Morgan fingerprint density at radius 1 is 0.353 bits per heavy atom. The summed E-state index contributed by atoms with van der Waals surface area (Å²) in [6.07, 6.45) is 0. The molecule has 240 valence electrons. The largest absolute Gasteiger partial charge is 0.311 e. The lowest BCUT2D eigenvalue weighted by Gasteiger charge is -2.26. The van der Waals surface area contributed by atoms with Crippen molar-refractivity contribution in [3.8, 4) is 27.9 Å². The molecule has 0 aliphatic rings. The third-order valence-electron chi connectivity index (χ3n) is 10.0. The van der Waals surface area contributed by atoms with Gasteiger partial charge in [-0.25, -0.2) is 0 Å². The number of thiophene rings is 1. The summed E-state index contributed by atoms with van der Waals surface area (Å²) < 4.78 is 5.02. The Morgan fingerprint density at radius 2 is 0.843 bits per heavy atom. The van der Waals surface area contributed by atoms with Crippen molar-refractivity contribution in [1.82, 2.24) is 4.57 Å². The summed E-state index contributed by atoms with van der Waals surface area (Å²) >= 11 is 1.86. The number of hydrogen-bond donors (Lipinski definition) is 0. The van der Waals surface area contributed by atoms with Crippen molar-refractivity contribution in [2.45, 2.75) is 0 Å². The number of aromatic nitrogens is 1. The molecule has 10 aromatic rings. The van der Waals surface area contributed by atoms with Gasteiger partial charge in [-0.1, -0.05) is 121 Å². The summed E-state index contributed by atoms with van der Waals surface area (Å²) in [5.74, 6) is 0. The molecule has 0 spiro atoms. The van der Waals surface area contributed by atoms with Crippen LogP contribution in [0.25, 0.3) is 69.9 Å². The van der Waals surface area contributed by atoms with E-state index in [1.807, 2.05) is 11.3 Å². The molecule has 0 fully saturated rings.